The van der Waals surface area contributed by atoms with Gasteiger partial charge in [0.05, 0.1) is 0 Å². The molecule has 7 heteroatoms. The molecule has 1 spiro atoms. The fourth-order valence-electron chi connectivity index (χ4n) is 2.92. The molecule has 1 saturated carbocycles. The Bertz CT molecular complexity index is 731. The van der Waals surface area contributed by atoms with Crippen LogP contribution in [0, 0.1) is 5.41 Å². The first kappa shape index (κ1) is 14.5. The molecule has 2 aliphatic rings. The largest absolute Gasteiger partial charge is 0.403 e. The van der Waals surface area contributed by atoms with Crippen LogP contribution in [0.4, 0.5) is 6.01 Å². The third-order valence-corrected chi connectivity index (χ3v) is 4.80. The summed E-state index contributed by atoms with van der Waals surface area (Å²) >= 11 is 5.86. The topological polar surface area (TPSA) is 71.3 Å². The molecule has 2 fully saturated rings. The summed E-state index contributed by atoms with van der Waals surface area (Å²) in [6.45, 7) is 3.59. The molecule has 1 aromatic carbocycles. The number of carbonyl (C=O) groups is 1. The molecule has 1 amide bonds. The third kappa shape index (κ3) is 2.79. The zero-order valence-corrected chi connectivity index (χ0v) is 13.5. The van der Waals surface area contributed by atoms with Gasteiger partial charge in [0.2, 0.25) is 11.8 Å². The lowest BCUT2D eigenvalue weighted by molar-refractivity contribution is -0.139. The lowest BCUT2D eigenvalue weighted by Gasteiger charge is -2.41. The number of carbonyl (C=O) groups excluding carboxylic acids is 1. The molecule has 2 heterocycles. The molecule has 1 N–H and O–H groups in total. The summed E-state index contributed by atoms with van der Waals surface area (Å²) in [4.78, 5) is 14.2. The van der Waals surface area contributed by atoms with Gasteiger partial charge in [-0.05, 0) is 44.0 Å². The van der Waals surface area contributed by atoms with E-state index < -0.39 is 0 Å². The molecule has 23 heavy (non-hydrogen) atoms. The van der Waals surface area contributed by atoms with E-state index in [-0.39, 0.29) is 18.0 Å². The summed E-state index contributed by atoms with van der Waals surface area (Å²) < 4.78 is 5.57. The summed E-state index contributed by atoms with van der Waals surface area (Å²) in [5.74, 6) is 0.471. The standard InChI is InChI=1S/C16H17ClN4O2/c1-10(14(22)21-8-16(9-21)6-7-16)18-15-20-19-13(23-15)11-2-4-12(17)5-3-11/h2-5,10H,6-9H2,1H3,(H,18,20)/t10-/m1/s1. The average Bonchev–Trinajstić information content (AvgIpc) is 3.19. The van der Waals surface area contributed by atoms with Gasteiger partial charge in [0.15, 0.2) is 0 Å². The van der Waals surface area contributed by atoms with E-state index in [1.807, 2.05) is 24.0 Å². The average molecular weight is 333 g/mol. The Balaban J connectivity index is 1.39. The minimum absolute atomic E-state index is 0.0776. The molecular formula is C16H17ClN4O2. The van der Waals surface area contributed by atoms with Crippen LogP contribution in [-0.2, 0) is 4.79 Å². The maximum Gasteiger partial charge on any atom is 0.316 e. The van der Waals surface area contributed by atoms with Gasteiger partial charge in [0.1, 0.15) is 6.04 Å². The van der Waals surface area contributed by atoms with Gasteiger partial charge < -0.3 is 14.6 Å². The van der Waals surface area contributed by atoms with Gasteiger partial charge in [-0.25, -0.2) is 0 Å². The van der Waals surface area contributed by atoms with Gasteiger partial charge in [-0.15, -0.1) is 5.10 Å². The van der Waals surface area contributed by atoms with Gasteiger partial charge in [0.25, 0.3) is 0 Å². The fourth-order valence-corrected chi connectivity index (χ4v) is 3.05. The van der Waals surface area contributed by atoms with Crippen molar-refractivity contribution in [1.82, 2.24) is 15.1 Å². The van der Waals surface area contributed by atoms with E-state index in [9.17, 15) is 4.79 Å². The number of aromatic nitrogens is 2. The molecule has 0 unspecified atom stereocenters. The highest BCUT2D eigenvalue weighted by molar-refractivity contribution is 6.30. The van der Waals surface area contributed by atoms with Gasteiger partial charge in [-0.3, -0.25) is 4.79 Å². The van der Waals surface area contributed by atoms with E-state index in [1.165, 1.54) is 12.8 Å². The Morgan fingerprint density at radius 3 is 2.65 bits per heavy atom. The van der Waals surface area contributed by atoms with Crippen LogP contribution in [-0.4, -0.2) is 40.1 Å². The predicted molar refractivity (Wildman–Crippen MR) is 86.1 cm³/mol. The highest BCUT2D eigenvalue weighted by atomic mass is 35.5. The Kier molecular flexibility index (Phi) is 3.30. The first-order valence-electron chi connectivity index (χ1n) is 7.69. The van der Waals surface area contributed by atoms with Crippen LogP contribution in [0.5, 0.6) is 0 Å². The fraction of sp³-hybridized carbons (Fsp3) is 0.438. The second-order valence-electron chi connectivity index (χ2n) is 6.48. The van der Waals surface area contributed by atoms with E-state index in [4.69, 9.17) is 16.0 Å². The molecule has 1 aromatic heterocycles. The van der Waals surface area contributed by atoms with E-state index in [1.54, 1.807) is 12.1 Å². The SMILES string of the molecule is C[C@@H](Nc1nnc(-c2ccc(Cl)cc2)o1)C(=O)N1CC2(CC2)C1. The molecule has 1 aliphatic carbocycles. The van der Waals surface area contributed by atoms with E-state index in [0.29, 0.717) is 16.3 Å². The Hall–Kier alpha value is -2.08. The molecule has 1 saturated heterocycles. The van der Waals surface area contributed by atoms with Crippen LogP contribution in [0.1, 0.15) is 19.8 Å². The van der Waals surface area contributed by atoms with E-state index >= 15 is 0 Å². The lowest BCUT2D eigenvalue weighted by Crippen LogP contribution is -2.55. The minimum atomic E-state index is -0.385. The first-order chi connectivity index (χ1) is 11.0. The number of benzene rings is 1. The predicted octanol–water partition coefficient (Wildman–Crippen LogP) is 2.81. The van der Waals surface area contributed by atoms with Crippen LogP contribution in [0.2, 0.25) is 5.02 Å². The van der Waals surface area contributed by atoms with Crippen molar-refractivity contribution in [3.8, 4) is 11.5 Å². The summed E-state index contributed by atoms with van der Waals surface area (Å²) in [5, 5.41) is 11.6. The number of amides is 1. The molecule has 6 nitrogen and oxygen atoms in total. The van der Waals surface area contributed by atoms with Crippen molar-refractivity contribution in [2.45, 2.75) is 25.8 Å². The summed E-state index contributed by atoms with van der Waals surface area (Å²) in [7, 11) is 0. The summed E-state index contributed by atoms with van der Waals surface area (Å²) in [6, 6.07) is 7.00. The van der Waals surface area contributed by atoms with Crippen molar-refractivity contribution < 1.29 is 9.21 Å². The van der Waals surface area contributed by atoms with Crippen LogP contribution in [0.15, 0.2) is 28.7 Å². The molecule has 1 atom stereocenters. The van der Waals surface area contributed by atoms with E-state index in [2.05, 4.69) is 15.5 Å². The second kappa shape index (κ2) is 5.23. The number of hydrogen-bond donors (Lipinski definition) is 1. The van der Waals surface area contributed by atoms with Gasteiger partial charge in [-0.1, -0.05) is 16.7 Å². The zero-order valence-electron chi connectivity index (χ0n) is 12.8. The second-order valence-corrected chi connectivity index (χ2v) is 6.92. The van der Waals surface area contributed by atoms with Crippen molar-refractivity contribution in [1.29, 1.82) is 0 Å². The van der Waals surface area contributed by atoms with Crippen LogP contribution < -0.4 is 5.32 Å². The van der Waals surface area contributed by atoms with Crippen molar-refractivity contribution in [3.05, 3.63) is 29.3 Å². The molecule has 0 bridgehead atoms. The van der Waals surface area contributed by atoms with Crippen LogP contribution in [0.25, 0.3) is 11.5 Å². The molecule has 0 radical (unpaired) electrons. The number of likely N-dealkylation sites (tertiary alicyclic amines) is 1. The quantitative estimate of drug-likeness (QED) is 0.932. The lowest BCUT2D eigenvalue weighted by atomic mass is 9.96. The zero-order chi connectivity index (χ0) is 16.0. The van der Waals surface area contributed by atoms with Crippen molar-refractivity contribution in [3.63, 3.8) is 0 Å². The van der Waals surface area contributed by atoms with Gasteiger partial charge >= 0.3 is 6.01 Å². The Morgan fingerprint density at radius 2 is 2.00 bits per heavy atom. The monoisotopic (exact) mass is 332 g/mol. The number of hydrogen-bond acceptors (Lipinski definition) is 5. The van der Waals surface area contributed by atoms with E-state index in [0.717, 1.165) is 18.7 Å². The molecule has 4 rings (SSSR count). The van der Waals surface area contributed by atoms with Gasteiger partial charge in [-0.2, -0.15) is 0 Å². The molecule has 1 aliphatic heterocycles. The maximum atomic E-state index is 12.3. The molecular weight excluding hydrogens is 316 g/mol. The smallest absolute Gasteiger partial charge is 0.316 e. The van der Waals surface area contributed by atoms with Crippen molar-refractivity contribution >= 4 is 23.5 Å². The number of nitrogens with one attached hydrogen (secondary N) is 1. The highest BCUT2D eigenvalue weighted by Crippen LogP contribution is 2.52. The summed E-state index contributed by atoms with van der Waals surface area (Å²) in [6.07, 6.45) is 2.51. The number of anilines is 1. The van der Waals surface area contributed by atoms with Crippen LogP contribution in [0.3, 0.4) is 0 Å². The van der Waals surface area contributed by atoms with Crippen molar-refractivity contribution in [2.75, 3.05) is 18.4 Å². The minimum Gasteiger partial charge on any atom is -0.403 e. The van der Waals surface area contributed by atoms with Crippen molar-refractivity contribution in [2.24, 2.45) is 5.41 Å². The Morgan fingerprint density at radius 1 is 1.30 bits per heavy atom. The molecule has 120 valence electrons. The third-order valence-electron chi connectivity index (χ3n) is 4.55. The van der Waals surface area contributed by atoms with Gasteiger partial charge in [0, 0.05) is 29.1 Å². The Labute approximate surface area is 138 Å². The first-order valence-corrected chi connectivity index (χ1v) is 8.07. The summed E-state index contributed by atoms with van der Waals surface area (Å²) in [5.41, 5.74) is 1.24. The highest BCUT2D eigenvalue weighted by Gasteiger charge is 2.54. The number of nitrogens with zero attached hydrogens (tertiary/aromatic N) is 3. The molecule has 2 aromatic rings. The normalized spacial score (nSPS) is 19.3. The number of rotatable bonds is 4. The van der Waals surface area contributed by atoms with Crippen LogP contribution >= 0.6 is 11.6 Å². The number of halogens is 1. The maximum absolute atomic E-state index is 12.3.